The molecular formula is C18H19ClN2. The summed E-state index contributed by atoms with van der Waals surface area (Å²) in [7, 11) is 0. The zero-order valence-electron chi connectivity index (χ0n) is 12.6. The van der Waals surface area contributed by atoms with E-state index in [1.54, 1.807) is 0 Å². The second-order valence-electron chi connectivity index (χ2n) is 5.74. The van der Waals surface area contributed by atoms with E-state index in [1.807, 2.05) is 0 Å². The van der Waals surface area contributed by atoms with Gasteiger partial charge in [0.2, 0.25) is 0 Å². The summed E-state index contributed by atoms with van der Waals surface area (Å²) >= 11 is 6.09. The molecule has 0 bridgehead atoms. The van der Waals surface area contributed by atoms with Gasteiger partial charge in [-0.15, -0.1) is 11.6 Å². The second kappa shape index (κ2) is 5.53. The molecule has 0 fully saturated rings. The van der Waals surface area contributed by atoms with E-state index in [0.29, 0.717) is 11.8 Å². The third-order valence-electron chi connectivity index (χ3n) is 3.82. The SMILES string of the molecule is Cc1ccc2c(c1)nc(CCl)n2-c1ccc(C(C)C)cc1. The third kappa shape index (κ3) is 2.56. The van der Waals surface area contributed by atoms with Crippen molar-refractivity contribution < 1.29 is 0 Å². The molecule has 2 aromatic carbocycles. The molecule has 0 saturated heterocycles. The van der Waals surface area contributed by atoms with Crippen LogP contribution in [0.2, 0.25) is 0 Å². The lowest BCUT2D eigenvalue weighted by molar-refractivity contribution is 0.864. The lowest BCUT2D eigenvalue weighted by atomic mass is 10.0. The molecule has 0 aliphatic rings. The maximum absolute atomic E-state index is 6.09. The highest BCUT2D eigenvalue weighted by Crippen LogP contribution is 2.25. The van der Waals surface area contributed by atoms with Gasteiger partial charge in [0.25, 0.3) is 0 Å². The van der Waals surface area contributed by atoms with Gasteiger partial charge in [-0.1, -0.05) is 32.0 Å². The van der Waals surface area contributed by atoms with E-state index in [-0.39, 0.29) is 0 Å². The minimum atomic E-state index is 0.402. The number of hydrogen-bond donors (Lipinski definition) is 0. The molecule has 0 N–H and O–H groups in total. The van der Waals surface area contributed by atoms with Gasteiger partial charge >= 0.3 is 0 Å². The van der Waals surface area contributed by atoms with Crippen molar-refractivity contribution in [3.63, 3.8) is 0 Å². The summed E-state index contributed by atoms with van der Waals surface area (Å²) in [6.07, 6.45) is 0. The highest BCUT2D eigenvalue weighted by Gasteiger charge is 2.12. The summed E-state index contributed by atoms with van der Waals surface area (Å²) in [6, 6.07) is 15.0. The Balaban J connectivity index is 2.18. The number of imidazole rings is 1. The van der Waals surface area contributed by atoms with Gasteiger partial charge in [0.05, 0.1) is 16.9 Å². The summed E-state index contributed by atoms with van der Waals surface area (Å²) in [5.74, 6) is 1.82. The molecule has 2 nitrogen and oxygen atoms in total. The van der Waals surface area contributed by atoms with Crippen LogP contribution in [0.25, 0.3) is 16.7 Å². The van der Waals surface area contributed by atoms with E-state index in [0.717, 1.165) is 22.5 Å². The number of hydrogen-bond acceptors (Lipinski definition) is 1. The third-order valence-corrected chi connectivity index (χ3v) is 4.06. The van der Waals surface area contributed by atoms with Gasteiger partial charge < -0.3 is 0 Å². The zero-order valence-corrected chi connectivity index (χ0v) is 13.4. The maximum atomic E-state index is 6.09. The fourth-order valence-electron chi connectivity index (χ4n) is 2.63. The van der Waals surface area contributed by atoms with Crippen molar-refractivity contribution in [3.8, 4) is 5.69 Å². The van der Waals surface area contributed by atoms with Crippen molar-refractivity contribution in [2.45, 2.75) is 32.6 Å². The monoisotopic (exact) mass is 298 g/mol. The molecule has 0 spiro atoms. The fourth-order valence-corrected chi connectivity index (χ4v) is 2.81. The Morgan fingerprint density at radius 3 is 2.43 bits per heavy atom. The van der Waals surface area contributed by atoms with Gasteiger partial charge in [0, 0.05) is 5.69 Å². The quantitative estimate of drug-likeness (QED) is 0.608. The van der Waals surface area contributed by atoms with Gasteiger partial charge in [0.15, 0.2) is 0 Å². The van der Waals surface area contributed by atoms with Crippen LogP contribution in [0.15, 0.2) is 42.5 Å². The first kappa shape index (κ1) is 14.2. The number of benzene rings is 2. The Morgan fingerprint density at radius 1 is 1.10 bits per heavy atom. The Morgan fingerprint density at radius 2 is 1.81 bits per heavy atom. The van der Waals surface area contributed by atoms with Gasteiger partial charge in [-0.2, -0.15) is 0 Å². The Labute approximate surface area is 130 Å². The predicted octanol–water partition coefficient (Wildman–Crippen LogP) is 5.20. The Kier molecular flexibility index (Phi) is 3.73. The van der Waals surface area contributed by atoms with Crippen LogP contribution in [-0.4, -0.2) is 9.55 Å². The molecule has 0 unspecified atom stereocenters. The lowest BCUT2D eigenvalue weighted by Crippen LogP contribution is -1.99. The van der Waals surface area contributed by atoms with Gasteiger partial charge in [-0.05, 0) is 48.2 Å². The highest BCUT2D eigenvalue weighted by molar-refractivity contribution is 6.17. The summed E-state index contributed by atoms with van der Waals surface area (Å²) in [5.41, 5.74) is 5.77. The van der Waals surface area contributed by atoms with E-state index in [1.165, 1.54) is 11.1 Å². The van der Waals surface area contributed by atoms with Crippen molar-refractivity contribution in [1.29, 1.82) is 0 Å². The Bertz CT molecular complexity index is 770. The summed E-state index contributed by atoms with van der Waals surface area (Å²) in [6.45, 7) is 6.49. The molecular weight excluding hydrogens is 280 g/mol. The van der Waals surface area contributed by atoms with Crippen LogP contribution < -0.4 is 0 Å². The number of alkyl halides is 1. The van der Waals surface area contributed by atoms with Crippen LogP contribution in [-0.2, 0) is 5.88 Å². The smallest absolute Gasteiger partial charge is 0.129 e. The molecule has 1 aromatic heterocycles. The molecule has 0 atom stereocenters. The molecule has 1 heterocycles. The zero-order chi connectivity index (χ0) is 15.0. The first-order valence-corrected chi connectivity index (χ1v) is 7.78. The number of fused-ring (bicyclic) bond motifs is 1. The minimum Gasteiger partial charge on any atom is -0.295 e. The second-order valence-corrected chi connectivity index (χ2v) is 6.00. The van der Waals surface area contributed by atoms with Crippen LogP contribution in [0.3, 0.4) is 0 Å². The fraction of sp³-hybridized carbons (Fsp3) is 0.278. The number of halogens is 1. The predicted molar refractivity (Wildman–Crippen MR) is 89.5 cm³/mol. The largest absolute Gasteiger partial charge is 0.295 e. The van der Waals surface area contributed by atoms with Crippen molar-refractivity contribution >= 4 is 22.6 Å². The molecule has 108 valence electrons. The van der Waals surface area contributed by atoms with Gasteiger partial charge in [-0.25, -0.2) is 4.98 Å². The summed E-state index contributed by atoms with van der Waals surface area (Å²) in [5, 5.41) is 0. The van der Waals surface area contributed by atoms with Crippen molar-refractivity contribution in [2.24, 2.45) is 0 Å². The van der Waals surface area contributed by atoms with Crippen LogP contribution in [0.4, 0.5) is 0 Å². The Hall–Kier alpha value is -1.80. The number of rotatable bonds is 3. The average Bonchev–Trinajstić information content (AvgIpc) is 2.84. The average molecular weight is 299 g/mol. The van der Waals surface area contributed by atoms with Crippen molar-refractivity contribution in [3.05, 3.63) is 59.4 Å². The molecule has 0 radical (unpaired) electrons. The summed E-state index contributed by atoms with van der Waals surface area (Å²) in [4.78, 5) is 4.66. The maximum Gasteiger partial charge on any atom is 0.129 e. The van der Waals surface area contributed by atoms with E-state index < -0.39 is 0 Å². The van der Waals surface area contributed by atoms with E-state index in [9.17, 15) is 0 Å². The standard InChI is InChI=1S/C18H19ClN2/c1-12(2)14-5-7-15(8-6-14)21-17-9-4-13(3)10-16(17)20-18(21)11-19/h4-10,12H,11H2,1-3H3. The normalized spacial score (nSPS) is 11.5. The molecule has 0 saturated carbocycles. The summed E-state index contributed by atoms with van der Waals surface area (Å²) < 4.78 is 2.14. The van der Waals surface area contributed by atoms with Crippen LogP contribution in [0.1, 0.15) is 36.7 Å². The molecule has 0 aliphatic heterocycles. The molecule has 3 aromatic rings. The van der Waals surface area contributed by atoms with Gasteiger partial charge in [0.1, 0.15) is 5.82 Å². The molecule has 21 heavy (non-hydrogen) atoms. The topological polar surface area (TPSA) is 17.8 Å². The van der Waals surface area contributed by atoms with E-state index in [2.05, 4.69) is 72.8 Å². The molecule has 3 rings (SSSR count). The molecule has 3 heteroatoms. The number of aryl methyl sites for hydroxylation is 1. The lowest BCUT2D eigenvalue weighted by Gasteiger charge is -2.10. The van der Waals surface area contributed by atoms with Crippen LogP contribution in [0.5, 0.6) is 0 Å². The van der Waals surface area contributed by atoms with E-state index >= 15 is 0 Å². The minimum absolute atomic E-state index is 0.402. The van der Waals surface area contributed by atoms with Crippen LogP contribution >= 0.6 is 11.6 Å². The number of nitrogens with zero attached hydrogens (tertiary/aromatic N) is 2. The molecule has 0 aliphatic carbocycles. The van der Waals surface area contributed by atoms with Crippen molar-refractivity contribution in [2.75, 3.05) is 0 Å². The molecule has 0 amide bonds. The highest BCUT2D eigenvalue weighted by atomic mass is 35.5. The van der Waals surface area contributed by atoms with Crippen LogP contribution in [0, 0.1) is 6.92 Å². The van der Waals surface area contributed by atoms with E-state index in [4.69, 9.17) is 11.6 Å². The number of aromatic nitrogens is 2. The van der Waals surface area contributed by atoms with Gasteiger partial charge in [-0.3, -0.25) is 4.57 Å². The first-order chi connectivity index (χ1) is 10.1. The van der Waals surface area contributed by atoms with Crippen molar-refractivity contribution in [1.82, 2.24) is 9.55 Å². The first-order valence-electron chi connectivity index (χ1n) is 7.24.